The minimum absolute atomic E-state index is 0.312. The Bertz CT molecular complexity index is 367. The summed E-state index contributed by atoms with van der Waals surface area (Å²) in [5.74, 6) is 2.11. The molecule has 136 valence electrons. The number of hydrogen-bond acceptors (Lipinski definition) is 4. The first-order valence-corrected chi connectivity index (χ1v) is 11.5. The van der Waals surface area contributed by atoms with E-state index in [1.807, 2.05) is 0 Å². The van der Waals surface area contributed by atoms with E-state index in [2.05, 4.69) is 81.8 Å². The summed E-state index contributed by atoms with van der Waals surface area (Å²) >= 11 is 4.43. The van der Waals surface area contributed by atoms with Crippen molar-refractivity contribution in [1.82, 2.24) is 9.80 Å². The van der Waals surface area contributed by atoms with Gasteiger partial charge >= 0.3 is 0 Å². The van der Waals surface area contributed by atoms with Gasteiger partial charge in [0.25, 0.3) is 0 Å². The molecule has 2 rings (SSSR count). The molecular weight excluding hydrogens is 320 g/mol. The Morgan fingerprint density at radius 3 is 2.39 bits per heavy atom. The second-order valence-corrected chi connectivity index (χ2v) is 11.3. The highest BCUT2D eigenvalue weighted by atomic mass is 32.2. The van der Waals surface area contributed by atoms with Crippen LogP contribution in [0, 0.1) is 5.92 Å². The maximum absolute atomic E-state index is 2.74. The van der Waals surface area contributed by atoms with Crippen LogP contribution in [0.4, 0.5) is 0 Å². The molecule has 2 aliphatic rings. The average Bonchev–Trinajstić information content (AvgIpc) is 3.10. The fourth-order valence-corrected chi connectivity index (χ4v) is 7.26. The largest absolute Gasteiger partial charge is 0.288 e. The van der Waals surface area contributed by atoms with E-state index in [1.165, 1.54) is 38.1 Å². The molecule has 23 heavy (non-hydrogen) atoms. The summed E-state index contributed by atoms with van der Waals surface area (Å²) in [4.78, 5) is 5.45. The predicted molar refractivity (Wildman–Crippen MR) is 108 cm³/mol. The van der Waals surface area contributed by atoms with E-state index in [-0.39, 0.29) is 0 Å². The molecule has 2 heterocycles. The van der Waals surface area contributed by atoms with E-state index in [0.717, 1.165) is 21.9 Å². The van der Waals surface area contributed by atoms with E-state index < -0.39 is 0 Å². The molecule has 2 fully saturated rings. The molecule has 0 bridgehead atoms. The Hall–Kier alpha value is 0.620. The van der Waals surface area contributed by atoms with Crippen molar-refractivity contribution >= 4 is 23.5 Å². The lowest BCUT2D eigenvalue weighted by molar-refractivity contribution is 0.114. The monoisotopic (exact) mass is 358 g/mol. The molecule has 0 amide bonds. The fourth-order valence-electron chi connectivity index (χ4n) is 4.00. The van der Waals surface area contributed by atoms with Gasteiger partial charge in [0.2, 0.25) is 0 Å². The number of nitrogens with zero attached hydrogens (tertiary/aromatic N) is 2. The van der Waals surface area contributed by atoms with Crippen LogP contribution < -0.4 is 0 Å². The fraction of sp³-hybridized carbons (Fsp3) is 1.00. The highest BCUT2D eigenvalue weighted by molar-refractivity contribution is 8.00. The smallest absolute Gasteiger partial charge is 0.0588 e. The molecule has 0 spiro atoms. The van der Waals surface area contributed by atoms with Gasteiger partial charge < -0.3 is 0 Å². The summed E-state index contributed by atoms with van der Waals surface area (Å²) in [7, 11) is 0. The minimum atomic E-state index is 0.312. The van der Waals surface area contributed by atoms with Gasteiger partial charge in [-0.25, -0.2) is 0 Å². The third kappa shape index (κ3) is 5.05. The Kier molecular flexibility index (Phi) is 7.22. The van der Waals surface area contributed by atoms with Gasteiger partial charge in [-0.05, 0) is 59.8 Å². The van der Waals surface area contributed by atoms with Crippen LogP contribution in [0.5, 0.6) is 0 Å². The van der Waals surface area contributed by atoms with Crippen molar-refractivity contribution in [1.29, 1.82) is 0 Å². The second kappa shape index (κ2) is 8.33. The normalized spacial score (nSPS) is 32.1. The van der Waals surface area contributed by atoms with Gasteiger partial charge in [-0.1, -0.05) is 13.8 Å². The lowest BCUT2D eigenvalue weighted by Gasteiger charge is -2.39. The van der Waals surface area contributed by atoms with Gasteiger partial charge in [-0.3, -0.25) is 9.80 Å². The van der Waals surface area contributed by atoms with Crippen molar-refractivity contribution in [3.05, 3.63) is 0 Å². The standard InChI is InChI=1S/C19H38N2S2/c1-8-17-20(14(2)3)13-16(23-17)10-9-15(4)18-21(11-12-22-18)19(5,6)7/h14-18H,8-13H2,1-7H3/t15?,16-,17+,18+/m1/s1. The molecule has 0 aromatic heterocycles. The predicted octanol–water partition coefficient (Wildman–Crippen LogP) is 5.14. The minimum Gasteiger partial charge on any atom is -0.288 e. The molecule has 0 aromatic rings. The van der Waals surface area contributed by atoms with Crippen LogP contribution in [-0.4, -0.2) is 56.2 Å². The van der Waals surface area contributed by atoms with E-state index in [4.69, 9.17) is 0 Å². The Morgan fingerprint density at radius 1 is 1.17 bits per heavy atom. The van der Waals surface area contributed by atoms with Gasteiger partial charge in [0, 0.05) is 35.7 Å². The molecule has 0 aromatic carbocycles. The molecule has 1 unspecified atom stereocenters. The van der Waals surface area contributed by atoms with E-state index in [0.29, 0.717) is 11.6 Å². The maximum Gasteiger partial charge on any atom is 0.0588 e. The van der Waals surface area contributed by atoms with Crippen molar-refractivity contribution < 1.29 is 0 Å². The molecule has 0 aliphatic carbocycles. The van der Waals surface area contributed by atoms with Crippen LogP contribution in [0.1, 0.15) is 67.7 Å². The van der Waals surface area contributed by atoms with Crippen molar-refractivity contribution in [2.75, 3.05) is 18.8 Å². The van der Waals surface area contributed by atoms with E-state index >= 15 is 0 Å². The zero-order valence-corrected chi connectivity index (χ0v) is 18.0. The quantitative estimate of drug-likeness (QED) is 0.648. The van der Waals surface area contributed by atoms with Crippen LogP contribution in [0.3, 0.4) is 0 Å². The molecule has 2 saturated heterocycles. The number of hydrogen-bond donors (Lipinski definition) is 0. The van der Waals surface area contributed by atoms with Crippen LogP contribution in [0.25, 0.3) is 0 Å². The second-order valence-electron chi connectivity index (χ2n) is 8.59. The zero-order valence-electron chi connectivity index (χ0n) is 16.3. The average molecular weight is 359 g/mol. The topological polar surface area (TPSA) is 6.48 Å². The Balaban J connectivity index is 1.84. The lowest BCUT2D eigenvalue weighted by atomic mass is 9.98. The molecular formula is C19H38N2S2. The molecule has 0 saturated carbocycles. The van der Waals surface area contributed by atoms with Gasteiger partial charge in [0.05, 0.1) is 10.7 Å². The summed E-state index contributed by atoms with van der Waals surface area (Å²) in [6.45, 7) is 19.2. The zero-order chi connectivity index (χ0) is 17.2. The van der Waals surface area contributed by atoms with Crippen LogP contribution in [0.2, 0.25) is 0 Å². The first kappa shape index (κ1) is 19.9. The van der Waals surface area contributed by atoms with E-state index in [9.17, 15) is 0 Å². The molecule has 4 heteroatoms. The maximum atomic E-state index is 2.74. The van der Waals surface area contributed by atoms with Gasteiger partial charge in [0.15, 0.2) is 0 Å². The van der Waals surface area contributed by atoms with Crippen molar-refractivity contribution in [3.63, 3.8) is 0 Å². The Labute approximate surface area is 153 Å². The van der Waals surface area contributed by atoms with Gasteiger partial charge in [0.1, 0.15) is 0 Å². The van der Waals surface area contributed by atoms with Crippen molar-refractivity contribution in [3.8, 4) is 0 Å². The van der Waals surface area contributed by atoms with E-state index in [1.54, 1.807) is 0 Å². The summed E-state index contributed by atoms with van der Waals surface area (Å²) in [5.41, 5.74) is 0.312. The number of rotatable bonds is 6. The van der Waals surface area contributed by atoms with Crippen molar-refractivity contribution in [2.24, 2.45) is 5.92 Å². The lowest BCUT2D eigenvalue weighted by Crippen LogP contribution is -2.46. The first-order valence-electron chi connectivity index (χ1n) is 9.53. The molecule has 2 nitrogen and oxygen atoms in total. The third-order valence-electron chi connectivity index (χ3n) is 5.37. The highest BCUT2D eigenvalue weighted by Crippen LogP contribution is 2.40. The highest BCUT2D eigenvalue weighted by Gasteiger charge is 2.37. The summed E-state index contributed by atoms with van der Waals surface area (Å²) in [6.07, 6.45) is 4.05. The van der Waals surface area contributed by atoms with Crippen LogP contribution >= 0.6 is 23.5 Å². The molecule has 2 aliphatic heterocycles. The Morgan fingerprint density at radius 2 is 1.87 bits per heavy atom. The van der Waals surface area contributed by atoms with Crippen LogP contribution in [-0.2, 0) is 0 Å². The van der Waals surface area contributed by atoms with Crippen LogP contribution in [0.15, 0.2) is 0 Å². The summed E-state index contributed by atoms with van der Waals surface area (Å²) < 4.78 is 0. The SMILES string of the molecule is CC[C@@H]1S[C@H](CCC(C)[C@@H]2SCCN2C(C)(C)C)CN1C(C)C. The van der Waals surface area contributed by atoms with Crippen molar-refractivity contribution in [2.45, 2.75) is 95.3 Å². The summed E-state index contributed by atoms with van der Waals surface area (Å²) in [5, 5.41) is 2.33. The summed E-state index contributed by atoms with van der Waals surface area (Å²) in [6, 6.07) is 0.691. The number of thioether (sulfide) groups is 2. The molecule has 0 N–H and O–H groups in total. The van der Waals surface area contributed by atoms with Gasteiger partial charge in [-0.15, -0.1) is 23.5 Å². The van der Waals surface area contributed by atoms with Gasteiger partial charge in [-0.2, -0.15) is 0 Å². The molecule has 4 atom stereocenters. The first-order chi connectivity index (χ1) is 10.7. The third-order valence-corrected chi connectivity index (χ3v) is 8.53. The molecule has 0 radical (unpaired) electrons.